The first kappa shape index (κ1) is 226. The molecule has 0 radical (unpaired) electrons. The first-order valence-electron chi connectivity index (χ1n) is 1.98. The monoisotopic (exact) mass is 888 g/mol. The van der Waals surface area contributed by atoms with Crippen molar-refractivity contribution in [2.75, 3.05) is 0 Å². The Morgan fingerprint density at radius 3 is 0.179 bits per heavy atom. The maximum atomic E-state index is 8.57. The fraction of sp³-hybridized carbons (Fsp3) is 0. The summed E-state index contributed by atoms with van der Waals surface area (Å²) in [6.07, 6.45) is 0. The van der Waals surface area contributed by atoms with Crippen molar-refractivity contribution in [3.8, 4) is 0 Å². The molecule has 0 saturated heterocycles. The first-order chi connectivity index (χ1) is 5.66. The fourth-order valence-corrected chi connectivity index (χ4v) is 0. The van der Waals surface area contributed by atoms with Crippen LogP contribution in [0.4, 0.5) is 0 Å². The average Bonchev–Trinajstić information content (AvgIpc) is 1.92. The third-order valence-corrected chi connectivity index (χ3v) is 0. The zero-order chi connectivity index (χ0) is 10.8. The van der Waals surface area contributed by atoms with Gasteiger partial charge in [-0.05, 0) is 0 Å². The molecule has 0 amide bonds. The molecule has 0 aliphatic heterocycles. The number of hydrogen-bond donors (Lipinski definition) is 4. The zero-order valence-electron chi connectivity index (χ0n) is 5.73. The molecule has 0 spiro atoms. The molecule has 0 unspecified atom stereocenters. The van der Waals surface area contributed by atoms with Crippen LogP contribution in [0.2, 0.25) is 0 Å². The molecule has 4 N–H and O–H groups in total. The summed E-state index contributed by atoms with van der Waals surface area (Å²) in [6, 6.07) is 0. The normalized spacial score (nSPS) is 0.821. The minimum atomic E-state index is -1.50. The first-order valence-corrected chi connectivity index (χ1v) is 5.93. The van der Waals surface area contributed by atoms with E-state index in [1.165, 1.54) is 0 Å². The Balaban J connectivity index is -0.000000000613. The summed E-state index contributed by atoms with van der Waals surface area (Å²) in [5.74, 6) is 0. The molecule has 118 valence electrons. The van der Waals surface area contributed by atoms with Crippen molar-refractivity contribution in [3.63, 3.8) is 0 Å². The van der Waals surface area contributed by atoms with Crippen LogP contribution in [0.3, 0.4) is 0 Å². The fourth-order valence-electron chi connectivity index (χ4n) is 0. The van der Waals surface area contributed by atoms with Gasteiger partial charge in [0.2, 0.25) is 0 Å². The van der Waals surface area contributed by atoms with Gasteiger partial charge in [0, 0.05) is 0 Å². The molecular weight excluding hydrogens is 857 g/mol. The van der Waals surface area contributed by atoms with Gasteiger partial charge in [0.05, 0.1) is 0 Å². The van der Waals surface area contributed by atoms with Crippen molar-refractivity contribution in [1.29, 1.82) is 0 Å². The Morgan fingerprint density at radius 1 is 0.179 bits per heavy atom. The molecule has 0 aromatic heterocycles. The molecule has 0 aromatic rings. The van der Waals surface area contributed by atoms with Crippen LogP contribution in [-0.4, -0.2) is 877 Å². The summed E-state index contributed by atoms with van der Waals surface area (Å²) < 4.78 is 62.7. The van der Waals surface area contributed by atoms with E-state index in [4.69, 9.17) is 31.8 Å². The van der Waals surface area contributed by atoms with Crippen molar-refractivity contribution in [1.82, 2.24) is 0 Å². The minimum absolute atomic E-state index is 0. The molecule has 0 fully saturated rings. The van der Waals surface area contributed by atoms with Crippen molar-refractivity contribution in [2.45, 2.75) is 0 Å². The molecule has 0 aliphatic carbocycles. The van der Waals surface area contributed by atoms with E-state index in [2.05, 4.69) is 0 Å². The van der Waals surface area contributed by atoms with Crippen molar-refractivity contribution >= 4 is 860 Å². The second-order valence-corrected chi connectivity index (χ2v) is 1.26. The molecule has 0 heterocycles. The molecule has 39 heavy (non-hydrogen) atoms. The van der Waals surface area contributed by atoms with Gasteiger partial charge < -0.3 is 0 Å². The molecule has 0 aliphatic rings. The second-order valence-electron chi connectivity index (χ2n) is 0.422. The van der Waals surface area contributed by atoms with Crippen LogP contribution in [0, 0.1) is 0 Å². The van der Waals surface area contributed by atoms with Crippen LogP contribution in [0.25, 0.3) is 0 Å². The Bertz CT molecular complexity index is 99.8. The predicted octanol–water partition coefficient (Wildman–Crippen LogP) is -21.7. The van der Waals surface area contributed by atoms with Crippen LogP contribution < -0.4 is 0 Å². The summed E-state index contributed by atoms with van der Waals surface area (Å²) in [5.41, 5.74) is 0. The summed E-state index contributed by atoms with van der Waals surface area (Å²) >= 11 is -6.00. The standard InChI is InChI=1S/4Al.27Na.4H2O.4O.27H/h;;;;;;;;;;;;;;;;;;;;;;;;;;;;;;;4*1H2;;;;;;;;;;;;;;;;;;;;;;;;;;;;;;;/q4*+1;;;;;;;;;;;;;;;;;;;;;;;;;;;;;;;;;;;;;;;;;;;;;;;;;;;;;;;;;;;;;;/p-4. The second kappa shape index (κ2) is 274. The van der Waals surface area contributed by atoms with E-state index in [9.17, 15) is 0 Å². The van der Waals surface area contributed by atoms with E-state index < -0.39 is 61.9 Å². The Labute approximate surface area is 860 Å². The third kappa shape index (κ3) is 349. The van der Waals surface area contributed by atoms with Gasteiger partial charge in [-0.3, -0.25) is 0 Å². The number of rotatable bonds is 0. The van der Waals surface area contributed by atoms with Gasteiger partial charge in [0.25, 0.3) is 0 Å². The van der Waals surface area contributed by atoms with Crippen LogP contribution in [0.1, 0.15) is 0 Å². The molecule has 0 saturated carbocycles. The third-order valence-electron chi connectivity index (χ3n) is 0. The topological polar surface area (TPSA) is 149 Å². The van der Waals surface area contributed by atoms with Crippen molar-refractivity contribution in [3.05, 3.63) is 0 Å². The average molecular weight is 888 g/mol. The molecule has 0 bridgehead atoms. The van der Waals surface area contributed by atoms with E-state index in [1.807, 2.05) is 0 Å². The Morgan fingerprint density at radius 2 is 0.179 bits per heavy atom. The van der Waals surface area contributed by atoms with Crippen molar-refractivity contribution < 1.29 is 31.8 Å². The van der Waals surface area contributed by atoms with Gasteiger partial charge in [0.1, 0.15) is 0 Å². The van der Waals surface area contributed by atoms with E-state index in [0.29, 0.717) is 0 Å². The maximum absolute atomic E-state index is 8.57. The van der Waals surface area contributed by atoms with Gasteiger partial charge >= 0.3 is 892 Å². The van der Waals surface area contributed by atoms with Gasteiger partial charge in [-0.2, -0.15) is 0 Å². The molecule has 0 atom stereocenters. The van der Waals surface area contributed by atoms with Crippen LogP contribution in [-0.2, 0) is 15.2 Å². The summed E-state index contributed by atoms with van der Waals surface area (Å²) in [6.45, 7) is 0. The summed E-state index contributed by atoms with van der Waals surface area (Å²) in [4.78, 5) is 0. The molecule has 8 nitrogen and oxygen atoms in total. The van der Waals surface area contributed by atoms with Gasteiger partial charge in [-0.15, -0.1) is 0 Å². The zero-order valence-corrected chi connectivity index (χ0v) is 10.4. The Kier molecular flexibility index (Phi) is 1590. The van der Waals surface area contributed by atoms with E-state index >= 15 is 0 Å². The van der Waals surface area contributed by atoms with Gasteiger partial charge in [-0.1, -0.05) is 0 Å². The summed E-state index contributed by atoms with van der Waals surface area (Å²) in [7, 11) is 0. The van der Waals surface area contributed by atoms with Crippen LogP contribution in [0.5, 0.6) is 0 Å². The van der Waals surface area contributed by atoms with E-state index in [1.54, 1.807) is 0 Å². The Hall–Kier alpha value is 27.5. The predicted molar refractivity (Wildman–Crippen MR) is 228 cm³/mol. The van der Waals surface area contributed by atoms with Crippen molar-refractivity contribution in [2.24, 2.45) is 0 Å². The van der Waals surface area contributed by atoms with Crippen LogP contribution >= 0.6 is 0 Å². The summed E-state index contributed by atoms with van der Waals surface area (Å²) in [5, 5.41) is 0. The molecule has 0 aromatic carbocycles. The SMILES string of the molecule is [NaH].[NaH].[NaH].[NaH].[NaH].[NaH].[NaH].[NaH].[NaH].[NaH].[NaH].[NaH].[NaH].[NaH].[NaH].[NaH].[NaH].[NaH].[NaH].[NaH].[NaH].[NaH].[NaH].[NaH].[NaH].[NaH].[NaH].[O]=[Al][OH].[O]=[Al][OH].[O]=[Al][OH].[O]=[Al][OH]. The quantitative estimate of drug-likeness (QED) is 0.176. The van der Waals surface area contributed by atoms with E-state index in [0.717, 1.165) is 0 Å². The van der Waals surface area contributed by atoms with Gasteiger partial charge in [-0.25, -0.2) is 0 Å². The van der Waals surface area contributed by atoms with Gasteiger partial charge in [0.15, 0.2) is 0 Å². The molecule has 0 rings (SSSR count). The number of hydrogen-bond acceptors (Lipinski definition) is 4. The molecular formula is H31Al4Na27O8. The van der Waals surface area contributed by atoms with E-state index in [-0.39, 0.29) is 798 Å². The molecule has 39 heteroatoms. The van der Waals surface area contributed by atoms with Crippen LogP contribution in [0.15, 0.2) is 0 Å².